The van der Waals surface area contributed by atoms with Gasteiger partial charge in [0.15, 0.2) is 0 Å². The number of aryl methyl sites for hydroxylation is 1. The van der Waals surface area contributed by atoms with Crippen LogP contribution < -0.4 is 10.2 Å². The molecular weight excluding hydrogens is 358 g/mol. The highest BCUT2D eigenvalue weighted by Gasteiger charge is 2.25. The number of amides is 1. The van der Waals surface area contributed by atoms with Gasteiger partial charge in [0.1, 0.15) is 0 Å². The number of hydrogen-bond acceptors (Lipinski definition) is 3. The molecule has 1 saturated carbocycles. The molecule has 158 valence electrons. The number of allylic oxidation sites excluding steroid dienone is 1. The summed E-state index contributed by atoms with van der Waals surface area (Å²) in [4.78, 5) is 17.4. The molecule has 0 spiro atoms. The Kier molecular flexibility index (Phi) is 6.91. The Morgan fingerprint density at radius 1 is 1.03 bits per heavy atom. The topological polar surface area (TPSA) is 35.6 Å². The van der Waals surface area contributed by atoms with Crippen LogP contribution in [0.2, 0.25) is 0 Å². The van der Waals surface area contributed by atoms with Gasteiger partial charge in [-0.25, -0.2) is 0 Å². The zero-order valence-corrected chi connectivity index (χ0v) is 18.0. The molecule has 1 aromatic carbocycles. The predicted octanol–water partition coefficient (Wildman–Crippen LogP) is 4.29. The first-order valence-corrected chi connectivity index (χ1v) is 11.7. The van der Waals surface area contributed by atoms with Crippen molar-refractivity contribution < 1.29 is 4.79 Å². The highest BCUT2D eigenvalue weighted by atomic mass is 16.1. The van der Waals surface area contributed by atoms with Gasteiger partial charge < -0.3 is 10.2 Å². The van der Waals surface area contributed by atoms with E-state index >= 15 is 0 Å². The second-order valence-corrected chi connectivity index (χ2v) is 9.27. The number of benzene rings is 1. The monoisotopic (exact) mass is 395 g/mol. The second kappa shape index (κ2) is 9.80. The molecular formula is C25H37N3O. The number of carbonyl (C=O) groups is 1. The van der Waals surface area contributed by atoms with E-state index < -0.39 is 0 Å². The van der Waals surface area contributed by atoms with Crippen molar-refractivity contribution in [2.75, 3.05) is 37.6 Å². The molecule has 4 nitrogen and oxygen atoms in total. The van der Waals surface area contributed by atoms with Crippen LogP contribution in [-0.2, 0) is 4.79 Å². The zero-order valence-electron chi connectivity index (χ0n) is 18.0. The van der Waals surface area contributed by atoms with Gasteiger partial charge in [-0.15, -0.1) is 0 Å². The van der Waals surface area contributed by atoms with Crippen LogP contribution in [0.3, 0.4) is 0 Å². The van der Waals surface area contributed by atoms with Crippen LogP contribution in [-0.4, -0.2) is 49.6 Å². The third-order valence-corrected chi connectivity index (χ3v) is 7.14. The van der Waals surface area contributed by atoms with Crippen molar-refractivity contribution >= 4 is 11.6 Å². The van der Waals surface area contributed by atoms with Crippen LogP contribution in [0.15, 0.2) is 35.9 Å². The van der Waals surface area contributed by atoms with Gasteiger partial charge in [0, 0.05) is 43.5 Å². The molecule has 2 fully saturated rings. The van der Waals surface area contributed by atoms with Crippen LogP contribution in [0.5, 0.6) is 0 Å². The predicted molar refractivity (Wildman–Crippen MR) is 120 cm³/mol. The Morgan fingerprint density at radius 2 is 1.76 bits per heavy atom. The molecule has 4 heteroatoms. The molecule has 0 aromatic heterocycles. The molecule has 0 radical (unpaired) electrons. The van der Waals surface area contributed by atoms with Crippen molar-refractivity contribution in [3.63, 3.8) is 0 Å². The molecule has 1 aliphatic heterocycles. The first-order chi connectivity index (χ1) is 14.2. The molecule has 1 aromatic rings. The number of hydrogen-bond donors (Lipinski definition) is 1. The number of nitrogens with one attached hydrogen (secondary N) is 1. The summed E-state index contributed by atoms with van der Waals surface area (Å²) in [6.45, 7) is 8.00. The molecule has 1 amide bonds. The summed E-state index contributed by atoms with van der Waals surface area (Å²) in [6, 6.07) is 9.34. The minimum Gasteiger partial charge on any atom is -0.369 e. The van der Waals surface area contributed by atoms with Crippen molar-refractivity contribution in [3.05, 3.63) is 41.5 Å². The summed E-state index contributed by atoms with van der Waals surface area (Å²) in [5.41, 5.74) is 3.72. The lowest BCUT2D eigenvalue weighted by atomic mass is 9.84. The molecule has 1 N–H and O–H groups in total. The van der Waals surface area contributed by atoms with Crippen LogP contribution in [0.25, 0.3) is 0 Å². The second-order valence-electron chi connectivity index (χ2n) is 9.27. The maximum Gasteiger partial charge on any atom is 0.247 e. The van der Waals surface area contributed by atoms with Crippen molar-refractivity contribution in [3.8, 4) is 0 Å². The maximum atomic E-state index is 12.3. The zero-order chi connectivity index (χ0) is 20.1. The number of anilines is 1. The fourth-order valence-electron chi connectivity index (χ4n) is 5.10. The Bertz CT molecular complexity index is 695. The third-order valence-electron chi connectivity index (χ3n) is 7.14. The average molecular weight is 396 g/mol. The van der Waals surface area contributed by atoms with Crippen molar-refractivity contribution in [1.29, 1.82) is 0 Å². The lowest BCUT2D eigenvalue weighted by Crippen LogP contribution is -2.47. The summed E-state index contributed by atoms with van der Waals surface area (Å²) in [5, 5.41) is 3.29. The summed E-state index contributed by atoms with van der Waals surface area (Å²) >= 11 is 0. The van der Waals surface area contributed by atoms with Gasteiger partial charge in [0.25, 0.3) is 0 Å². The van der Waals surface area contributed by atoms with Crippen LogP contribution >= 0.6 is 0 Å². The standard InChI is InChI=1S/C25H37N3O/c1-20-6-12-24(13-7-20)28-18-16-27(17-19-28)15-14-21-8-10-23(11-9-21)26-25(29)22-4-2-3-5-22/h4,6-7,12-13,21,23H,2-3,5,8-11,14-19H2,1H3,(H,26,29). The number of nitrogens with zero attached hydrogens (tertiary/aromatic N) is 2. The van der Waals surface area contributed by atoms with Gasteiger partial charge in [-0.3, -0.25) is 9.69 Å². The molecule has 4 rings (SSSR count). The molecule has 0 unspecified atom stereocenters. The van der Waals surface area contributed by atoms with Crippen LogP contribution in [0, 0.1) is 12.8 Å². The molecule has 1 saturated heterocycles. The van der Waals surface area contributed by atoms with E-state index in [-0.39, 0.29) is 5.91 Å². The Morgan fingerprint density at radius 3 is 2.41 bits per heavy atom. The van der Waals surface area contributed by atoms with E-state index in [1.54, 1.807) is 0 Å². The average Bonchev–Trinajstić information content (AvgIpc) is 3.29. The van der Waals surface area contributed by atoms with E-state index in [1.807, 2.05) is 0 Å². The lowest BCUT2D eigenvalue weighted by Gasteiger charge is -2.37. The number of rotatable bonds is 6. The Balaban J connectivity index is 1.12. The van der Waals surface area contributed by atoms with Gasteiger partial charge in [0.05, 0.1) is 0 Å². The Labute approximate surface area is 176 Å². The summed E-state index contributed by atoms with van der Waals surface area (Å²) in [7, 11) is 0. The summed E-state index contributed by atoms with van der Waals surface area (Å²) in [5.74, 6) is 1.04. The smallest absolute Gasteiger partial charge is 0.247 e. The highest BCUT2D eigenvalue weighted by molar-refractivity contribution is 5.93. The van der Waals surface area contributed by atoms with Gasteiger partial charge >= 0.3 is 0 Å². The Hall–Kier alpha value is -1.81. The number of carbonyl (C=O) groups excluding carboxylic acids is 1. The van der Waals surface area contributed by atoms with Crippen molar-refractivity contribution in [2.45, 2.75) is 64.3 Å². The summed E-state index contributed by atoms with van der Waals surface area (Å²) in [6.07, 6.45) is 11.5. The highest BCUT2D eigenvalue weighted by Crippen LogP contribution is 2.28. The van der Waals surface area contributed by atoms with E-state index in [2.05, 4.69) is 52.4 Å². The minimum atomic E-state index is 0.206. The van der Waals surface area contributed by atoms with Gasteiger partial charge in [-0.05, 0) is 82.9 Å². The van der Waals surface area contributed by atoms with E-state index in [4.69, 9.17) is 0 Å². The minimum absolute atomic E-state index is 0.206. The van der Waals surface area contributed by atoms with Crippen molar-refractivity contribution in [1.82, 2.24) is 10.2 Å². The first-order valence-electron chi connectivity index (χ1n) is 11.7. The normalized spacial score (nSPS) is 25.7. The van der Waals surface area contributed by atoms with Crippen molar-refractivity contribution in [2.24, 2.45) is 5.92 Å². The first kappa shape index (κ1) is 20.5. The molecule has 29 heavy (non-hydrogen) atoms. The van der Waals surface area contributed by atoms with Gasteiger partial charge in [0.2, 0.25) is 5.91 Å². The largest absolute Gasteiger partial charge is 0.369 e. The lowest BCUT2D eigenvalue weighted by molar-refractivity contribution is -0.118. The molecule has 3 aliphatic rings. The molecule has 2 aliphatic carbocycles. The van der Waals surface area contributed by atoms with Crippen LogP contribution in [0.4, 0.5) is 5.69 Å². The maximum absolute atomic E-state index is 12.3. The van der Waals surface area contributed by atoms with Crippen LogP contribution in [0.1, 0.15) is 56.9 Å². The summed E-state index contributed by atoms with van der Waals surface area (Å²) < 4.78 is 0. The fraction of sp³-hybridized carbons (Fsp3) is 0.640. The molecule has 0 atom stereocenters. The number of piperazine rings is 1. The van der Waals surface area contributed by atoms with Gasteiger partial charge in [-0.1, -0.05) is 23.8 Å². The van der Waals surface area contributed by atoms with E-state index in [1.165, 1.54) is 50.1 Å². The molecule has 0 bridgehead atoms. The van der Waals surface area contributed by atoms with E-state index in [0.717, 1.165) is 56.7 Å². The van der Waals surface area contributed by atoms with E-state index in [9.17, 15) is 4.79 Å². The third kappa shape index (κ3) is 5.63. The fourth-order valence-corrected chi connectivity index (χ4v) is 5.10. The molecule has 1 heterocycles. The SMILES string of the molecule is Cc1ccc(N2CCN(CCC3CCC(NC(=O)C4=CCCC4)CC3)CC2)cc1. The van der Waals surface area contributed by atoms with Gasteiger partial charge in [-0.2, -0.15) is 0 Å². The van der Waals surface area contributed by atoms with E-state index in [0.29, 0.717) is 6.04 Å². The quantitative estimate of drug-likeness (QED) is 0.780.